The molecule has 10 heteroatoms. The number of carbonyl (C=O) groups is 2. The second kappa shape index (κ2) is 13.0. The van der Waals surface area contributed by atoms with Gasteiger partial charge < -0.3 is 15.4 Å². The summed E-state index contributed by atoms with van der Waals surface area (Å²) in [5, 5.41) is 5.46. The van der Waals surface area contributed by atoms with Gasteiger partial charge in [0, 0.05) is 32.6 Å². The molecule has 8 nitrogen and oxygen atoms in total. The molecule has 0 aliphatic rings. The van der Waals surface area contributed by atoms with Crippen molar-refractivity contribution in [1.82, 2.24) is 9.62 Å². The second-order valence-electron chi connectivity index (χ2n) is 7.48. The largest absolute Gasteiger partial charge is 0.466 e. The molecule has 2 N–H and O–H groups in total. The fourth-order valence-electron chi connectivity index (χ4n) is 2.84. The van der Waals surface area contributed by atoms with E-state index in [2.05, 4.69) is 10.6 Å². The van der Waals surface area contributed by atoms with Gasteiger partial charge in [-0.1, -0.05) is 30.3 Å². The molecule has 2 aromatic carbocycles. The molecule has 0 saturated heterocycles. The van der Waals surface area contributed by atoms with Crippen molar-refractivity contribution in [3.63, 3.8) is 0 Å². The average Bonchev–Trinajstić information content (AvgIpc) is 2.77. The highest BCUT2D eigenvalue weighted by Gasteiger charge is 2.16. The van der Waals surface area contributed by atoms with E-state index in [9.17, 15) is 18.0 Å². The first-order valence-electron chi connectivity index (χ1n) is 10.5. The number of thiocarbonyl (C=S) groups is 1. The highest BCUT2D eigenvalue weighted by atomic mass is 32.2. The smallest absolute Gasteiger partial charge is 0.305 e. The van der Waals surface area contributed by atoms with E-state index in [1.165, 1.54) is 31.8 Å². The number of carbonyl (C=O) groups excluding carboxylic acids is 2. The Labute approximate surface area is 200 Å². The number of benzene rings is 2. The number of esters is 1. The fourth-order valence-corrected chi connectivity index (χ4v) is 3.98. The van der Waals surface area contributed by atoms with Gasteiger partial charge in [-0.15, -0.1) is 0 Å². The van der Waals surface area contributed by atoms with E-state index in [-0.39, 0.29) is 34.7 Å². The van der Waals surface area contributed by atoms with Gasteiger partial charge in [-0.25, -0.2) is 12.7 Å². The number of hydrogen-bond donors (Lipinski definition) is 2. The molecule has 33 heavy (non-hydrogen) atoms. The maximum Gasteiger partial charge on any atom is 0.305 e. The summed E-state index contributed by atoms with van der Waals surface area (Å²) in [6.07, 6.45) is 2.22. The van der Waals surface area contributed by atoms with Crippen molar-refractivity contribution in [2.45, 2.75) is 37.0 Å². The van der Waals surface area contributed by atoms with E-state index in [0.29, 0.717) is 18.7 Å². The number of ether oxygens (including phenoxy) is 1. The lowest BCUT2D eigenvalue weighted by Crippen LogP contribution is -2.34. The molecule has 0 radical (unpaired) electrons. The Morgan fingerprint density at radius 2 is 1.64 bits per heavy atom. The van der Waals surface area contributed by atoms with E-state index >= 15 is 0 Å². The fraction of sp³-hybridized carbons (Fsp3) is 0.348. The predicted octanol–water partition coefficient (Wildman–Crippen LogP) is 3.10. The van der Waals surface area contributed by atoms with E-state index in [4.69, 9.17) is 17.0 Å². The molecule has 0 aliphatic carbocycles. The van der Waals surface area contributed by atoms with Crippen LogP contribution in [0, 0.1) is 0 Å². The average molecular weight is 492 g/mol. The first-order chi connectivity index (χ1) is 15.7. The Bertz CT molecular complexity index is 1040. The highest BCUT2D eigenvalue weighted by Crippen LogP contribution is 2.16. The number of hydrogen-bond acceptors (Lipinski definition) is 6. The summed E-state index contributed by atoms with van der Waals surface area (Å²) in [5.41, 5.74) is 1.74. The molecular weight excluding hydrogens is 462 g/mol. The predicted molar refractivity (Wildman–Crippen MR) is 131 cm³/mol. The molecule has 0 spiro atoms. The van der Waals surface area contributed by atoms with E-state index in [1.54, 1.807) is 12.1 Å². The summed E-state index contributed by atoms with van der Waals surface area (Å²) >= 11 is 5.11. The van der Waals surface area contributed by atoms with Crippen LogP contribution in [0.25, 0.3) is 0 Å². The van der Waals surface area contributed by atoms with Gasteiger partial charge in [0.25, 0.3) is 0 Å². The summed E-state index contributed by atoms with van der Waals surface area (Å²) in [4.78, 5) is 24.0. The zero-order chi connectivity index (χ0) is 24.3. The van der Waals surface area contributed by atoms with Crippen LogP contribution in [0.1, 0.15) is 31.2 Å². The number of amides is 1. The van der Waals surface area contributed by atoms with Crippen molar-refractivity contribution in [1.29, 1.82) is 0 Å². The molecule has 0 fully saturated rings. The molecule has 178 valence electrons. The third-order valence-electron chi connectivity index (χ3n) is 4.64. The van der Waals surface area contributed by atoms with Crippen LogP contribution in [0.4, 0.5) is 5.69 Å². The lowest BCUT2D eigenvalue weighted by Gasteiger charge is -2.13. The standard InChI is InChI=1S/C23H29N3O5S2/c1-26(2)33(29,30)20-15-13-19(14-16-20)24-23(32)25-21(27)11-6-12-22(28)31-17-7-10-18-8-4-3-5-9-18/h3-5,8-9,13-16H,6-7,10-12,17H2,1-2H3,(H2,24,25,27,32). The number of nitrogens with zero attached hydrogens (tertiary/aromatic N) is 1. The zero-order valence-corrected chi connectivity index (χ0v) is 20.4. The molecule has 0 unspecified atom stereocenters. The number of rotatable bonds is 11. The highest BCUT2D eigenvalue weighted by molar-refractivity contribution is 7.89. The topological polar surface area (TPSA) is 105 Å². The van der Waals surface area contributed by atoms with Gasteiger partial charge in [-0.05, 0) is 61.3 Å². The molecule has 0 heterocycles. The number of aryl methyl sites for hydroxylation is 1. The lowest BCUT2D eigenvalue weighted by atomic mass is 10.1. The minimum atomic E-state index is -3.51. The van der Waals surface area contributed by atoms with Gasteiger partial charge in [0.2, 0.25) is 15.9 Å². The van der Waals surface area contributed by atoms with Gasteiger partial charge >= 0.3 is 5.97 Å². The Balaban J connectivity index is 1.62. The van der Waals surface area contributed by atoms with Gasteiger partial charge in [0.15, 0.2) is 5.11 Å². The Morgan fingerprint density at radius 1 is 0.970 bits per heavy atom. The van der Waals surface area contributed by atoms with Crippen molar-refractivity contribution in [2.75, 3.05) is 26.0 Å². The van der Waals surface area contributed by atoms with Crippen molar-refractivity contribution in [2.24, 2.45) is 0 Å². The third-order valence-corrected chi connectivity index (χ3v) is 6.68. The van der Waals surface area contributed by atoms with Crippen LogP contribution >= 0.6 is 12.2 Å². The third kappa shape index (κ3) is 9.29. The first-order valence-corrected chi connectivity index (χ1v) is 12.4. The van der Waals surface area contributed by atoms with Crippen LogP contribution in [-0.2, 0) is 30.8 Å². The van der Waals surface area contributed by atoms with Crippen LogP contribution in [0.2, 0.25) is 0 Å². The summed E-state index contributed by atoms with van der Waals surface area (Å²) in [6.45, 7) is 0.350. The molecule has 0 aliphatic heterocycles. The quantitative estimate of drug-likeness (QED) is 0.283. The van der Waals surface area contributed by atoms with Crippen molar-refractivity contribution < 1.29 is 22.7 Å². The van der Waals surface area contributed by atoms with Crippen molar-refractivity contribution in [3.8, 4) is 0 Å². The monoisotopic (exact) mass is 491 g/mol. The Morgan fingerprint density at radius 3 is 2.27 bits per heavy atom. The van der Waals surface area contributed by atoms with Crippen molar-refractivity contribution in [3.05, 3.63) is 60.2 Å². The molecule has 0 saturated carbocycles. The molecule has 0 bridgehead atoms. The molecule has 0 aromatic heterocycles. The maximum absolute atomic E-state index is 12.1. The van der Waals surface area contributed by atoms with E-state index in [0.717, 1.165) is 17.1 Å². The zero-order valence-electron chi connectivity index (χ0n) is 18.7. The molecule has 2 rings (SSSR count). The van der Waals surface area contributed by atoms with Gasteiger partial charge in [0.05, 0.1) is 11.5 Å². The lowest BCUT2D eigenvalue weighted by molar-refractivity contribution is -0.143. The molecule has 1 amide bonds. The number of nitrogens with one attached hydrogen (secondary N) is 2. The second-order valence-corrected chi connectivity index (χ2v) is 10.0. The van der Waals surface area contributed by atoms with Gasteiger partial charge in [-0.3, -0.25) is 9.59 Å². The minimum absolute atomic E-state index is 0.0895. The first kappa shape index (κ1) is 26.4. The van der Waals surface area contributed by atoms with Crippen LogP contribution < -0.4 is 10.6 Å². The van der Waals surface area contributed by atoms with E-state index < -0.39 is 10.0 Å². The minimum Gasteiger partial charge on any atom is -0.466 e. The summed E-state index contributed by atoms with van der Waals surface area (Å²) < 4.78 is 30.5. The molecule has 0 atom stereocenters. The number of sulfonamides is 1. The number of anilines is 1. The normalized spacial score (nSPS) is 11.1. The summed E-state index contributed by atoms with van der Waals surface area (Å²) in [7, 11) is -0.601. The van der Waals surface area contributed by atoms with Crippen LogP contribution in [0.5, 0.6) is 0 Å². The summed E-state index contributed by atoms with van der Waals surface area (Å²) in [5.74, 6) is -0.652. The van der Waals surface area contributed by atoms with Gasteiger partial charge in [-0.2, -0.15) is 0 Å². The maximum atomic E-state index is 12.1. The van der Waals surface area contributed by atoms with Crippen LogP contribution in [0.3, 0.4) is 0 Å². The molecular formula is C23H29N3O5S2. The van der Waals surface area contributed by atoms with Crippen LogP contribution in [-0.4, -0.2) is 50.4 Å². The summed E-state index contributed by atoms with van der Waals surface area (Å²) in [6, 6.07) is 16.0. The van der Waals surface area contributed by atoms with E-state index in [1.807, 2.05) is 30.3 Å². The Kier molecular flexibility index (Phi) is 10.4. The SMILES string of the molecule is CN(C)S(=O)(=O)c1ccc(NC(=S)NC(=O)CCCC(=O)OCCCc2ccccc2)cc1. The Hall–Kier alpha value is -2.82. The van der Waals surface area contributed by atoms with Crippen molar-refractivity contribution >= 4 is 44.9 Å². The van der Waals surface area contributed by atoms with Crippen LogP contribution in [0.15, 0.2) is 59.5 Å². The molecule has 2 aromatic rings. The van der Waals surface area contributed by atoms with Gasteiger partial charge in [0.1, 0.15) is 0 Å².